The molecule has 0 aliphatic rings. The first-order valence-corrected chi connectivity index (χ1v) is 5.43. The van der Waals surface area contributed by atoms with Gasteiger partial charge in [-0.15, -0.1) is 0 Å². The molecule has 90 valence electrons. The van der Waals surface area contributed by atoms with E-state index in [2.05, 4.69) is 0 Å². The van der Waals surface area contributed by atoms with Gasteiger partial charge in [0.25, 0.3) is 0 Å². The molecule has 2 rings (SSSR count). The standard InChI is InChI=1S/C15H11FO2/c16-14-10-11(7-9-15(17)18)6-8-13(14)12-4-2-1-3-5-12/h1-10H,(H,17,18). The fourth-order valence-corrected chi connectivity index (χ4v) is 1.65. The van der Waals surface area contributed by atoms with E-state index in [9.17, 15) is 9.18 Å². The monoisotopic (exact) mass is 242 g/mol. The van der Waals surface area contributed by atoms with Crippen molar-refractivity contribution in [2.45, 2.75) is 0 Å². The SMILES string of the molecule is O=C(O)C=Cc1ccc(-c2ccccc2)c(F)c1. The zero-order chi connectivity index (χ0) is 13.0. The number of halogens is 1. The summed E-state index contributed by atoms with van der Waals surface area (Å²) < 4.78 is 13.9. The van der Waals surface area contributed by atoms with Crippen molar-refractivity contribution in [2.75, 3.05) is 0 Å². The third kappa shape index (κ3) is 2.83. The van der Waals surface area contributed by atoms with Crippen LogP contribution in [0.4, 0.5) is 4.39 Å². The van der Waals surface area contributed by atoms with Crippen LogP contribution in [0.1, 0.15) is 5.56 Å². The van der Waals surface area contributed by atoms with Crippen LogP contribution < -0.4 is 0 Å². The molecule has 0 fully saturated rings. The Morgan fingerprint density at radius 1 is 1.11 bits per heavy atom. The first-order valence-electron chi connectivity index (χ1n) is 5.43. The van der Waals surface area contributed by atoms with Crippen molar-refractivity contribution < 1.29 is 14.3 Å². The minimum atomic E-state index is -1.05. The fraction of sp³-hybridized carbons (Fsp3) is 0. The van der Waals surface area contributed by atoms with E-state index >= 15 is 0 Å². The van der Waals surface area contributed by atoms with E-state index in [-0.39, 0.29) is 5.82 Å². The maximum atomic E-state index is 13.9. The second-order valence-corrected chi connectivity index (χ2v) is 3.78. The molecule has 3 heteroatoms. The van der Waals surface area contributed by atoms with Gasteiger partial charge in [0.1, 0.15) is 5.82 Å². The number of hydrogen-bond donors (Lipinski definition) is 1. The number of carbonyl (C=O) groups is 1. The van der Waals surface area contributed by atoms with Crippen molar-refractivity contribution >= 4 is 12.0 Å². The van der Waals surface area contributed by atoms with E-state index in [0.29, 0.717) is 11.1 Å². The summed E-state index contributed by atoms with van der Waals surface area (Å²) in [5.74, 6) is -1.42. The van der Waals surface area contributed by atoms with Gasteiger partial charge in [0.15, 0.2) is 0 Å². The molecule has 18 heavy (non-hydrogen) atoms. The van der Waals surface area contributed by atoms with Gasteiger partial charge in [-0.05, 0) is 23.3 Å². The topological polar surface area (TPSA) is 37.3 Å². The summed E-state index contributed by atoms with van der Waals surface area (Å²) in [6, 6.07) is 13.8. The lowest BCUT2D eigenvalue weighted by Gasteiger charge is -2.04. The van der Waals surface area contributed by atoms with Crippen molar-refractivity contribution in [3.05, 3.63) is 66.0 Å². The number of aliphatic carboxylic acids is 1. The van der Waals surface area contributed by atoms with E-state index in [1.54, 1.807) is 12.1 Å². The predicted octanol–water partition coefficient (Wildman–Crippen LogP) is 3.59. The van der Waals surface area contributed by atoms with E-state index in [0.717, 1.165) is 11.6 Å². The third-order valence-electron chi connectivity index (χ3n) is 2.50. The summed E-state index contributed by atoms with van der Waals surface area (Å²) in [4.78, 5) is 10.4. The van der Waals surface area contributed by atoms with E-state index in [1.807, 2.05) is 30.3 Å². The lowest BCUT2D eigenvalue weighted by molar-refractivity contribution is -0.131. The molecule has 0 amide bonds. The van der Waals surface area contributed by atoms with Gasteiger partial charge in [-0.25, -0.2) is 9.18 Å². The van der Waals surface area contributed by atoms with Crippen molar-refractivity contribution in [1.29, 1.82) is 0 Å². The Hall–Kier alpha value is -2.42. The number of hydrogen-bond acceptors (Lipinski definition) is 1. The van der Waals surface area contributed by atoms with Crippen LogP contribution in [0.5, 0.6) is 0 Å². The number of rotatable bonds is 3. The van der Waals surface area contributed by atoms with E-state index in [4.69, 9.17) is 5.11 Å². The summed E-state index contributed by atoms with van der Waals surface area (Å²) in [5, 5.41) is 8.50. The highest BCUT2D eigenvalue weighted by atomic mass is 19.1. The lowest BCUT2D eigenvalue weighted by atomic mass is 10.0. The largest absolute Gasteiger partial charge is 0.478 e. The maximum absolute atomic E-state index is 13.9. The average molecular weight is 242 g/mol. The second-order valence-electron chi connectivity index (χ2n) is 3.78. The third-order valence-corrected chi connectivity index (χ3v) is 2.50. The molecule has 2 aromatic carbocycles. The Kier molecular flexibility index (Phi) is 3.53. The normalized spacial score (nSPS) is 10.7. The van der Waals surface area contributed by atoms with Crippen molar-refractivity contribution in [3.63, 3.8) is 0 Å². The van der Waals surface area contributed by atoms with Crippen LogP contribution in [-0.4, -0.2) is 11.1 Å². The van der Waals surface area contributed by atoms with Gasteiger partial charge >= 0.3 is 5.97 Å². The molecule has 0 spiro atoms. The lowest BCUT2D eigenvalue weighted by Crippen LogP contribution is -1.88. The average Bonchev–Trinajstić information content (AvgIpc) is 2.37. The van der Waals surface area contributed by atoms with Crippen LogP contribution >= 0.6 is 0 Å². The molecule has 0 bridgehead atoms. The summed E-state index contributed by atoms with van der Waals surface area (Å²) in [6.45, 7) is 0. The number of benzene rings is 2. The summed E-state index contributed by atoms with van der Waals surface area (Å²) >= 11 is 0. The molecule has 0 aromatic heterocycles. The highest BCUT2D eigenvalue weighted by molar-refractivity contribution is 5.85. The summed E-state index contributed by atoms with van der Waals surface area (Å²) in [7, 11) is 0. The Morgan fingerprint density at radius 2 is 1.83 bits per heavy atom. The minimum Gasteiger partial charge on any atom is -0.478 e. The Bertz CT molecular complexity index is 589. The van der Waals surface area contributed by atoms with Crippen molar-refractivity contribution in [2.24, 2.45) is 0 Å². The smallest absolute Gasteiger partial charge is 0.328 e. The molecule has 0 atom stereocenters. The Morgan fingerprint density at radius 3 is 2.44 bits per heavy atom. The number of carboxylic acid groups (broad SMARTS) is 1. The molecule has 0 radical (unpaired) electrons. The van der Waals surface area contributed by atoms with E-state index in [1.165, 1.54) is 12.1 Å². The molecule has 1 N–H and O–H groups in total. The van der Waals surface area contributed by atoms with Crippen LogP contribution in [0.15, 0.2) is 54.6 Å². The van der Waals surface area contributed by atoms with E-state index < -0.39 is 5.97 Å². The molecule has 2 nitrogen and oxygen atoms in total. The molecular weight excluding hydrogens is 231 g/mol. The number of carboxylic acids is 1. The van der Waals surface area contributed by atoms with Gasteiger partial charge in [-0.1, -0.05) is 42.5 Å². The van der Waals surface area contributed by atoms with Gasteiger partial charge in [-0.3, -0.25) is 0 Å². The zero-order valence-corrected chi connectivity index (χ0v) is 9.51. The molecule has 0 unspecified atom stereocenters. The quantitative estimate of drug-likeness (QED) is 0.835. The summed E-state index contributed by atoms with van der Waals surface area (Å²) in [6.07, 6.45) is 2.34. The highest BCUT2D eigenvalue weighted by Gasteiger charge is 2.04. The van der Waals surface area contributed by atoms with Gasteiger partial charge in [0.05, 0.1) is 0 Å². The Balaban J connectivity index is 2.34. The second kappa shape index (κ2) is 5.27. The predicted molar refractivity (Wildman–Crippen MR) is 68.5 cm³/mol. The van der Waals surface area contributed by atoms with Crippen LogP contribution in [0.2, 0.25) is 0 Å². The molecule has 0 saturated carbocycles. The van der Waals surface area contributed by atoms with Crippen molar-refractivity contribution in [3.8, 4) is 11.1 Å². The molecule has 0 aliphatic heterocycles. The minimum absolute atomic E-state index is 0.367. The highest BCUT2D eigenvalue weighted by Crippen LogP contribution is 2.23. The zero-order valence-electron chi connectivity index (χ0n) is 9.51. The molecule has 2 aromatic rings. The fourth-order valence-electron chi connectivity index (χ4n) is 1.65. The molecule has 0 aliphatic carbocycles. The van der Waals surface area contributed by atoms with Crippen LogP contribution in [0, 0.1) is 5.82 Å². The van der Waals surface area contributed by atoms with Crippen LogP contribution in [0.3, 0.4) is 0 Å². The molecule has 0 saturated heterocycles. The van der Waals surface area contributed by atoms with Gasteiger partial charge in [0, 0.05) is 11.6 Å². The van der Waals surface area contributed by atoms with Gasteiger partial charge < -0.3 is 5.11 Å². The first kappa shape index (κ1) is 12.0. The van der Waals surface area contributed by atoms with Gasteiger partial charge in [0.2, 0.25) is 0 Å². The van der Waals surface area contributed by atoms with Gasteiger partial charge in [-0.2, -0.15) is 0 Å². The van der Waals surface area contributed by atoms with Crippen molar-refractivity contribution in [1.82, 2.24) is 0 Å². The van der Waals surface area contributed by atoms with Crippen LogP contribution in [0.25, 0.3) is 17.2 Å². The molecule has 0 heterocycles. The first-order chi connectivity index (χ1) is 8.66. The summed E-state index contributed by atoms with van der Waals surface area (Å²) in [5.41, 5.74) is 1.82. The molecular formula is C15H11FO2. The maximum Gasteiger partial charge on any atom is 0.328 e. The Labute approximate surface area is 104 Å². The van der Waals surface area contributed by atoms with Crippen LogP contribution in [-0.2, 0) is 4.79 Å².